The maximum atomic E-state index is 10.5. The van der Waals surface area contributed by atoms with E-state index in [1.807, 2.05) is 12.3 Å². The van der Waals surface area contributed by atoms with Crippen molar-refractivity contribution in [1.82, 2.24) is 9.97 Å². The van der Waals surface area contributed by atoms with E-state index in [-0.39, 0.29) is 0 Å². The van der Waals surface area contributed by atoms with Gasteiger partial charge in [-0.1, -0.05) is 18.7 Å². The molecule has 6 nitrogen and oxygen atoms in total. The van der Waals surface area contributed by atoms with Gasteiger partial charge in [0.05, 0.1) is 5.60 Å². The van der Waals surface area contributed by atoms with E-state index in [4.69, 9.17) is 4.74 Å². The van der Waals surface area contributed by atoms with Gasteiger partial charge in [0.2, 0.25) is 0 Å². The maximum absolute atomic E-state index is 10.5. The predicted octanol–water partition coefficient (Wildman–Crippen LogP) is 1.97. The minimum atomic E-state index is -0.709. The van der Waals surface area contributed by atoms with E-state index in [2.05, 4.69) is 27.5 Å². The third-order valence-electron chi connectivity index (χ3n) is 3.47. The molecule has 1 aliphatic rings. The van der Waals surface area contributed by atoms with Crippen molar-refractivity contribution in [2.45, 2.75) is 36.9 Å². The normalized spacial score (nSPS) is 17.5. The maximum Gasteiger partial charge on any atom is 0.191 e. The largest absolute Gasteiger partial charge is 0.388 e. The molecule has 0 spiro atoms. The van der Waals surface area contributed by atoms with Crippen molar-refractivity contribution >= 4 is 23.4 Å². The molecule has 0 atom stereocenters. The standard InChI is InChI=1S/C14H24N4O2S/c1-3-6-15-11-9-12(18-13(17-11)21-2)16-10-14(19)4-7-20-8-5-14/h9,19H,3-8,10H2,1-2H3,(H2,15,16,17,18). The second-order valence-electron chi connectivity index (χ2n) is 5.24. The molecular weight excluding hydrogens is 288 g/mol. The minimum Gasteiger partial charge on any atom is -0.388 e. The van der Waals surface area contributed by atoms with Gasteiger partial charge in [-0.25, -0.2) is 9.97 Å². The third-order valence-corrected chi connectivity index (χ3v) is 4.01. The Labute approximate surface area is 130 Å². The van der Waals surface area contributed by atoms with Crippen molar-refractivity contribution in [1.29, 1.82) is 0 Å². The van der Waals surface area contributed by atoms with Gasteiger partial charge in [0.25, 0.3) is 0 Å². The molecule has 118 valence electrons. The van der Waals surface area contributed by atoms with Gasteiger partial charge >= 0.3 is 0 Å². The number of ether oxygens (including phenoxy) is 1. The molecule has 3 N–H and O–H groups in total. The monoisotopic (exact) mass is 312 g/mol. The summed E-state index contributed by atoms with van der Waals surface area (Å²) in [5, 5.41) is 17.7. The zero-order chi connectivity index (χ0) is 15.1. The van der Waals surface area contributed by atoms with Crippen LogP contribution in [0.4, 0.5) is 11.6 Å². The van der Waals surface area contributed by atoms with E-state index >= 15 is 0 Å². The summed E-state index contributed by atoms with van der Waals surface area (Å²) >= 11 is 1.51. The zero-order valence-corrected chi connectivity index (χ0v) is 13.5. The van der Waals surface area contributed by atoms with E-state index in [0.29, 0.717) is 32.6 Å². The first kappa shape index (κ1) is 16.3. The van der Waals surface area contributed by atoms with E-state index in [1.54, 1.807) is 0 Å². The first-order chi connectivity index (χ1) is 10.1. The Morgan fingerprint density at radius 1 is 1.29 bits per heavy atom. The molecule has 1 aliphatic heterocycles. The molecule has 0 bridgehead atoms. The number of aromatic nitrogens is 2. The van der Waals surface area contributed by atoms with Crippen molar-refractivity contribution in [3.05, 3.63) is 6.07 Å². The first-order valence-electron chi connectivity index (χ1n) is 7.36. The Bertz CT molecular complexity index is 453. The molecule has 21 heavy (non-hydrogen) atoms. The van der Waals surface area contributed by atoms with Gasteiger partial charge in [-0.05, 0) is 12.7 Å². The zero-order valence-electron chi connectivity index (χ0n) is 12.7. The van der Waals surface area contributed by atoms with Crippen molar-refractivity contribution in [2.24, 2.45) is 0 Å². The lowest BCUT2D eigenvalue weighted by Crippen LogP contribution is -2.42. The molecule has 2 heterocycles. The molecule has 1 aromatic rings. The number of anilines is 2. The number of aliphatic hydroxyl groups is 1. The molecule has 1 fully saturated rings. The van der Waals surface area contributed by atoms with Gasteiger partial charge in [-0.2, -0.15) is 0 Å². The first-order valence-corrected chi connectivity index (χ1v) is 8.58. The van der Waals surface area contributed by atoms with Gasteiger partial charge < -0.3 is 20.5 Å². The van der Waals surface area contributed by atoms with Gasteiger partial charge in [0, 0.05) is 45.2 Å². The Morgan fingerprint density at radius 3 is 2.57 bits per heavy atom. The summed E-state index contributed by atoms with van der Waals surface area (Å²) in [6.45, 7) is 4.70. The molecule has 0 unspecified atom stereocenters. The highest BCUT2D eigenvalue weighted by atomic mass is 32.2. The van der Waals surface area contributed by atoms with Crippen LogP contribution in [0.5, 0.6) is 0 Å². The van der Waals surface area contributed by atoms with Crippen LogP contribution in [0.2, 0.25) is 0 Å². The Morgan fingerprint density at radius 2 is 1.95 bits per heavy atom. The van der Waals surface area contributed by atoms with Crippen LogP contribution in [0, 0.1) is 0 Å². The summed E-state index contributed by atoms with van der Waals surface area (Å²) in [6.07, 6.45) is 4.30. The van der Waals surface area contributed by atoms with E-state index < -0.39 is 5.60 Å². The SMILES string of the molecule is CCCNc1cc(NCC2(O)CCOCC2)nc(SC)n1. The molecule has 0 aromatic carbocycles. The lowest BCUT2D eigenvalue weighted by atomic mass is 9.94. The molecule has 0 radical (unpaired) electrons. The summed E-state index contributed by atoms with van der Waals surface area (Å²) in [5.74, 6) is 1.56. The fourth-order valence-corrected chi connectivity index (χ4v) is 2.51. The van der Waals surface area contributed by atoms with Crippen molar-refractivity contribution in [3.8, 4) is 0 Å². The van der Waals surface area contributed by atoms with Crippen LogP contribution in [0.3, 0.4) is 0 Å². The van der Waals surface area contributed by atoms with Crippen LogP contribution < -0.4 is 10.6 Å². The predicted molar refractivity (Wildman–Crippen MR) is 86.1 cm³/mol. The molecule has 1 saturated heterocycles. The van der Waals surface area contributed by atoms with E-state index in [9.17, 15) is 5.11 Å². The highest BCUT2D eigenvalue weighted by Gasteiger charge is 2.29. The highest BCUT2D eigenvalue weighted by Crippen LogP contribution is 2.22. The molecular formula is C14H24N4O2S. The van der Waals surface area contributed by atoms with Crippen LogP contribution in [0.25, 0.3) is 0 Å². The van der Waals surface area contributed by atoms with Gasteiger partial charge in [0.1, 0.15) is 11.6 Å². The number of nitrogens with one attached hydrogen (secondary N) is 2. The van der Waals surface area contributed by atoms with Gasteiger partial charge in [-0.15, -0.1) is 0 Å². The Hall–Kier alpha value is -1.05. The van der Waals surface area contributed by atoms with Crippen LogP contribution in [-0.4, -0.2) is 53.2 Å². The van der Waals surface area contributed by atoms with Crippen molar-refractivity contribution < 1.29 is 9.84 Å². The summed E-state index contributed by atoms with van der Waals surface area (Å²) < 4.78 is 5.29. The number of hydrogen-bond donors (Lipinski definition) is 3. The lowest BCUT2D eigenvalue weighted by Gasteiger charge is -2.32. The summed E-state index contributed by atoms with van der Waals surface area (Å²) in [5.41, 5.74) is -0.709. The third kappa shape index (κ3) is 5.01. The van der Waals surface area contributed by atoms with Gasteiger partial charge in [-0.3, -0.25) is 0 Å². The van der Waals surface area contributed by atoms with E-state index in [1.165, 1.54) is 11.8 Å². The summed E-state index contributed by atoms with van der Waals surface area (Å²) in [6, 6.07) is 1.89. The molecule has 0 saturated carbocycles. The number of nitrogens with zero attached hydrogens (tertiary/aromatic N) is 2. The van der Waals surface area contributed by atoms with Crippen LogP contribution in [0.15, 0.2) is 11.2 Å². The fourth-order valence-electron chi connectivity index (χ4n) is 2.13. The van der Waals surface area contributed by atoms with Crippen LogP contribution in [-0.2, 0) is 4.74 Å². The lowest BCUT2D eigenvalue weighted by molar-refractivity contribution is -0.0543. The van der Waals surface area contributed by atoms with Crippen molar-refractivity contribution in [2.75, 3.05) is 43.2 Å². The second kappa shape index (κ2) is 7.82. The Kier molecular flexibility index (Phi) is 6.08. The molecule has 2 rings (SSSR count). The van der Waals surface area contributed by atoms with Crippen molar-refractivity contribution in [3.63, 3.8) is 0 Å². The second-order valence-corrected chi connectivity index (χ2v) is 6.02. The molecule has 0 amide bonds. The fraction of sp³-hybridized carbons (Fsp3) is 0.714. The Balaban J connectivity index is 2.00. The molecule has 1 aromatic heterocycles. The minimum absolute atomic E-state index is 0.481. The average Bonchev–Trinajstić information content (AvgIpc) is 2.51. The van der Waals surface area contributed by atoms with Crippen LogP contribution in [0.1, 0.15) is 26.2 Å². The molecule has 7 heteroatoms. The number of hydrogen-bond acceptors (Lipinski definition) is 7. The van der Waals surface area contributed by atoms with Crippen LogP contribution >= 0.6 is 11.8 Å². The highest BCUT2D eigenvalue weighted by molar-refractivity contribution is 7.98. The quantitative estimate of drug-likeness (QED) is 0.525. The number of rotatable bonds is 7. The topological polar surface area (TPSA) is 79.3 Å². The van der Waals surface area contributed by atoms with E-state index in [0.717, 1.165) is 29.8 Å². The smallest absolute Gasteiger partial charge is 0.191 e. The molecule has 0 aliphatic carbocycles. The summed E-state index contributed by atoms with van der Waals surface area (Å²) in [7, 11) is 0. The van der Waals surface area contributed by atoms with Gasteiger partial charge in [0.15, 0.2) is 5.16 Å². The number of thioether (sulfide) groups is 1. The summed E-state index contributed by atoms with van der Waals surface area (Å²) in [4.78, 5) is 8.85. The average molecular weight is 312 g/mol.